The number of anilines is 1. The molecule has 27 heavy (non-hydrogen) atoms. The minimum atomic E-state index is -0.529. The lowest BCUT2D eigenvalue weighted by atomic mass is 10.2. The van der Waals surface area contributed by atoms with Gasteiger partial charge in [0.05, 0.1) is 16.3 Å². The van der Waals surface area contributed by atoms with Crippen molar-refractivity contribution in [2.24, 2.45) is 0 Å². The van der Waals surface area contributed by atoms with E-state index in [9.17, 15) is 14.0 Å². The summed E-state index contributed by atoms with van der Waals surface area (Å²) in [5.41, 5.74) is 1.61. The van der Waals surface area contributed by atoms with Crippen LogP contribution in [0, 0.1) is 12.7 Å². The van der Waals surface area contributed by atoms with Crippen molar-refractivity contribution < 1.29 is 14.0 Å². The van der Waals surface area contributed by atoms with Gasteiger partial charge in [-0.2, -0.15) is 0 Å². The van der Waals surface area contributed by atoms with Crippen LogP contribution in [-0.2, 0) is 6.54 Å². The van der Waals surface area contributed by atoms with Gasteiger partial charge in [-0.05, 0) is 30.7 Å². The average molecular weight is 404 g/mol. The molecule has 0 aliphatic rings. The molecule has 3 aromatic rings. The minimum absolute atomic E-state index is 0.00149. The summed E-state index contributed by atoms with van der Waals surface area (Å²) < 4.78 is 13.1. The summed E-state index contributed by atoms with van der Waals surface area (Å²) in [5, 5.41) is 5.68. The van der Waals surface area contributed by atoms with Crippen molar-refractivity contribution in [3.05, 3.63) is 81.1 Å². The Balaban J connectivity index is 1.68. The van der Waals surface area contributed by atoms with Crippen LogP contribution in [0.3, 0.4) is 0 Å². The fourth-order valence-corrected chi connectivity index (χ4v) is 3.49. The first-order valence-corrected chi connectivity index (χ1v) is 9.19. The van der Waals surface area contributed by atoms with Crippen molar-refractivity contribution in [1.29, 1.82) is 0 Å². The van der Waals surface area contributed by atoms with Crippen LogP contribution in [0.5, 0.6) is 0 Å². The predicted octanol–water partition coefficient (Wildman–Crippen LogP) is 4.43. The third-order valence-electron chi connectivity index (χ3n) is 3.69. The number of thiazole rings is 1. The Morgan fingerprint density at radius 3 is 2.59 bits per heavy atom. The molecule has 2 aromatic carbocycles. The van der Waals surface area contributed by atoms with Gasteiger partial charge in [0.1, 0.15) is 10.7 Å². The quantitative estimate of drug-likeness (QED) is 0.662. The van der Waals surface area contributed by atoms with Gasteiger partial charge in [-0.25, -0.2) is 9.37 Å². The van der Waals surface area contributed by atoms with E-state index >= 15 is 0 Å². The topological polar surface area (TPSA) is 71.1 Å². The molecule has 0 saturated carbocycles. The Hall–Kier alpha value is -2.77. The first kappa shape index (κ1) is 19.0. The van der Waals surface area contributed by atoms with Gasteiger partial charge in [0.25, 0.3) is 11.8 Å². The standard InChI is InChI=1S/C19H15ClFN3O2S/c1-11-16(18(26)22-10-12-5-3-2-4-6-12)27-19(23-11)24-17(25)14-8-7-13(21)9-15(14)20/h2-9H,10H2,1H3,(H,22,26)(H,23,24,25). The first-order chi connectivity index (χ1) is 12.9. The number of halogens is 2. The fraction of sp³-hybridized carbons (Fsp3) is 0.105. The summed E-state index contributed by atoms with van der Waals surface area (Å²) in [5.74, 6) is -1.32. The Kier molecular flexibility index (Phi) is 5.83. The Labute approximate surface area is 164 Å². The summed E-state index contributed by atoms with van der Waals surface area (Å²) in [4.78, 5) is 29.3. The number of carbonyl (C=O) groups excluding carboxylic acids is 2. The first-order valence-electron chi connectivity index (χ1n) is 8.00. The number of carbonyl (C=O) groups is 2. The highest BCUT2D eigenvalue weighted by Gasteiger charge is 2.18. The van der Waals surface area contributed by atoms with Gasteiger partial charge in [0, 0.05) is 6.54 Å². The molecule has 2 amide bonds. The SMILES string of the molecule is Cc1nc(NC(=O)c2ccc(F)cc2Cl)sc1C(=O)NCc1ccccc1. The van der Waals surface area contributed by atoms with Crippen LogP contribution in [0.2, 0.25) is 5.02 Å². The van der Waals surface area contributed by atoms with Gasteiger partial charge in [-0.15, -0.1) is 0 Å². The van der Waals surface area contributed by atoms with Crippen molar-refractivity contribution in [1.82, 2.24) is 10.3 Å². The molecule has 5 nitrogen and oxygen atoms in total. The van der Waals surface area contributed by atoms with Gasteiger partial charge in [0.2, 0.25) is 0 Å². The summed E-state index contributed by atoms with van der Waals surface area (Å²) >= 11 is 6.96. The van der Waals surface area contributed by atoms with Crippen molar-refractivity contribution in [3.8, 4) is 0 Å². The van der Waals surface area contributed by atoms with E-state index in [1.807, 2.05) is 30.3 Å². The van der Waals surface area contributed by atoms with E-state index in [-0.39, 0.29) is 21.6 Å². The lowest BCUT2D eigenvalue weighted by Gasteiger charge is -2.04. The fourth-order valence-electron chi connectivity index (χ4n) is 2.36. The second-order valence-corrected chi connectivity index (χ2v) is 7.09. The number of aromatic nitrogens is 1. The van der Waals surface area contributed by atoms with Crippen LogP contribution >= 0.6 is 22.9 Å². The van der Waals surface area contributed by atoms with E-state index in [1.54, 1.807) is 6.92 Å². The zero-order valence-electron chi connectivity index (χ0n) is 14.3. The molecule has 0 aliphatic carbocycles. The molecule has 3 rings (SSSR count). The predicted molar refractivity (Wildman–Crippen MR) is 104 cm³/mol. The Bertz CT molecular complexity index is 992. The highest BCUT2D eigenvalue weighted by molar-refractivity contribution is 7.17. The summed E-state index contributed by atoms with van der Waals surface area (Å²) in [6.07, 6.45) is 0. The van der Waals surface area contributed by atoms with Crippen molar-refractivity contribution >= 4 is 39.9 Å². The molecule has 0 atom stereocenters. The molecule has 1 aromatic heterocycles. The zero-order valence-corrected chi connectivity index (χ0v) is 15.8. The van der Waals surface area contributed by atoms with Gasteiger partial charge in [-0.3, -0.25) is 14.9 Å². The van der Waals surface area contributed by atoms with E-state index in [0.29, 0.717) is 17.1 Å². The monoisotopic (exact) mass is 403 g/mol. The molecule has 138 valence electrons. The van der Waals surface area contributed by atoms with E-state index < -0.39 is 11.7 Å². The van der Waals surface area contributed by atoms with E-state index in [1.165, 1.54) is 6.07 Å². The van der Waals surface area contributed by atoms with Crippen LogP contribution in [-0.4, -0.2) is 16.8 Å². The smallest absolute Gasteiger partial charge is 0.263 e. The lowest BCUT2D eigenvalue weighted by Crippen LogP contribution is -2.22. The maximum atomic E-state index is 13.1. The van der Waals surface area contributed by atoms with Crippen LogP contribution in [0.25, 0.3) is 0 Å². The second kappa shape index (κ2) is 8.28. The highest BCUT2D eigenvalue weighted by Crippen LogP contribution is 2.24. The highest BCUT2D eigenvalue weighted by atomic mass is 35.5. The molecular weight excluding hydrogens is 389 g/mol. The normalized spacial score (nSPS) is 10.5. The molecule has 0 radical (unpaired) electrons. The second-order valence-electron chi connectivity index (χ2n) is 5.68. The number of hydrogen-bond donors (Lipinski definition) is 2. The molecule has 2 N–H and O–H groups in total. The van der Waals surface area contributed by atoms with Crippen molar-refractivity contribution in [3.63, 3.8) is 0 Å². The molecule has 1 heterocycles. The lowest BCUT2D eigenvalue weighted by molar-refractivity contribution is 0.0953. The maximum absolute atomic E-state index is 13.1. The number of benzene rings is 2. The van der Waals surface area contributed by atoms with Crippen LogP contribution < -0.4 is 10.6 Å². The average Bonchev–Trinajstić information content (AvgIpc) is 3.00. The maximum Gasteiger partial charge on any atom is 0.263 e. The number of nitrogens with one attached hydrogen (secondary N) is 2. The number of aryl methyl sites for hydroxylation is 1. The number of hydrogen-bond acceptors (Lipinski definition) is 4. The molecular formula is C19H15ClFN3O2S. The number of amides is 2. The van der Waals surface area contributed by atoms with Gasteiger partial charge < -0.3 is 5.32 Å². The summed E-state index contributed by atoms with van der Waals surface area (Å²) in [7, 11) is 0. The molecule has 0 unspecified atom stereocenters. The molecule has 0 spiro atoms. The Morgan fingerprint density at radius 2 is 1.89 bits per heavy atom. The summed E-state index contributed by atoms with van der Waals surface area (Å²) in [6.45, 7) is 2.08. The Morgan fingerprint density at radius 1 is 1.15 bits per heavy atom. The largest absolute Gasteiger partial charge is 0.347 e. The number of nitrogens with zero attached hydrogens (tertiary/aromatic N) is 1. The van der Waals surface area contributed by atoms with Gasteiger partial charge >= 0.3 is 0 Å². The third-order valence-corrected chi connectivity index (χ3v) is 5.08. The van der Waals surface area contributed by atoms with E-state index in [2.05, 4.69) is 15.6 Å². The van der Waals surface area contributed by atoms with Crippen LogP contribution in [0.1, 0.15) is 31.3 Å². The van der Waals surface area contributed by atoms with Crippen molar-refractivity contribution in [2.45, 2.75) is 13.5 Å². The minimum Gasteiger partial charge on any atom is -0.347 e. The zero-order chi connectivity index (χ0) is 19.4. The molecule has 0 aliphatic heterocycles. The molecule has 0 saturated heterocycles. The molecule has 0 fully saturated rings. The van der Waals surface area contributed by atoms with E-state index in [4.69, 9.17) is 11.6 Å². The molecule has 0 bridgehead atoms. The van der Waals surface area contributed by atoms with Crippen molar-refractivity contribution in [2.75, 3.05) is 5.32 Å². The third kappa shape index (κ3) is 4.69. The summed E-state index contributed by atoms with van der Waals surface area (Å²) in [6, 6.07) is 13.0. The molecule has 8 heteroatoms. The van der Waals surface area contributed by atoms with Gasteiger partial charge in [-0.1, -0.05) is 53.3 Å². The number of rotatable bonds is 5. The van der Waals surface area contributed by atoms with Crippen LogP contribution in [0.4, 0.5) is 9.52 Å². The van der Waals surface area contributed by atoms with E-state index in [0.717, 1.165) is 29.0 Å². The van der Waals surface area contributed by atoms with Gasteiger partial charge in [0.15, 0.2) is 5.13 Å². The van der Waals surface area contributed by atoms with Crippen LogP contribution in [0.15, 0.2) is 48.5 Å².